The second-order valence-electron chi connectivity index (χ2n) is 8.01. The van der Waals surface area contributed by atoms with Crippen molar-refractivity contribution in [2.45, 2.75) is 37.8 Å². The molecule has 0 aliphatic carbocycles. The van der Waals surface area contributed by atoms with E-state index in [0.29, 0.717) is 37.1 Å². The van der Waals surface area contributed by atoms with Gasteiger partial charge in [0.25, 0.3) is 0 Å². The van der Waals surface area contributed by atoms with Crippen molar-refractivity contribution < 1.29 is 33.7 Å². The van der Waals surface area contributed by atoms with Crippen LogP contribution in [0.2, 0.25) is 0 Å². The number of ether oxygens (including phenoxy) is 3. The van der Waals surface area contributed by atoms with Gasteiger partial charge >= 0.3 is 18.0 Å². The van der Waals surface area contributed by atoms with Gasteiger partial charge in [-0.05, 0) is 18.2 Å². The summed E-state index contributed by atoms with van der Waals surface area (Å²) in [7, 11) is 1.61. The first kappa shape index (κ1) is 25.2. The number of hydrogen-bond acceptors (Lipinski definition) is 8. The maximum absolute atomic E-state index is 13.2. The van der Waals surface area contributed by atoms with Crippen LogP contribution in [0.25, 0.3) is 0 Å². The highest BCUT2D eigenvalue weighted by molar-refractivity contribution is 5.85. The molecule has 182 valence electrons. The Labute approximate surface area is 198 Å². The number of hydrogen-bond donors (Lipinski definition) is 2. The molecule has 2 N–H and O–H groups in total. The van der Waals surface area contributed by atoms with E-state index in [1.807, 2.05) is 0 Å². The zero-order valence-corrected chi connectivity index (χ0v) is 19.3. The minimum absolute atomic E-state index is 0.0109. The summed E-state index contributed by atoms with van der Waals surface area (Å²) in [6.45, 7) is 2.07. The summed E-state index contributed by atoms with van der Waals surface area (Å²) in [6, 6.07) is 17.3. The van der Waals surface area contributed by atoms with Crippen LogP contribution in [0.5, 0.6) is 0 Å². The van der Waals surface area contributed by atoms with Gasteiger partial charge < -0.3 is 29.5 Å². The van der Waals surface area contributed by atoms with Crippen LogP contribution in [-0.4, -0.2) is 67.1 Å². The molecule has 34 heavy (non-hydrogen) atoms. The molecule has 1 unspecified atom stereocenters. The van der Waals surface area contributed by atoms with E-state index >= 15 is 0 Å². The van der Waals surface area contributed by atoms with Crippen LogP contribution in [0.4, 0.5) is 4.79 Å². The standard InChI is InChI=1S/C25H30N2O7/c1-18(32-22(28)17-26-2)33-24(30)27-15-13-21(14-16-27)34-23(29)25(31,19-9-5-3-6-10-19)20-11-7-4-8-12-20/h3-12,18,21,26,31H,13-17H2,1-2H3. The number of rotatable bonds is 8. The lowest BCUT2D eigenvalue weighted by Crippen LogP contribution is -2.45. The number of benzene rings is 2. The molecule has 0 bridgehead atoms. The van der Waals surface area contributed by atoms with Crippen LogP contribution in [-0.2, 0) is 29.4 Å². The number of nitrogens with zero attached hydrogens (tertiary/aromatic N) is 1. The molecule has 3 rings (SSSR count). The molecule has 9 heteroatoms. The minimum Gasteiger partial charge on any atom is -0.460 e. The first-order chi connectivity index (χ1) is 16.3. The van der Waals surface area contributed by atoms with Crippen LogP contribution in [0.3, 0.4) is 0 Å². The number of likely N-dealkylation sites (N-methyl/N-ethyl adjacent to an activating group) is 1. The number of nitrogens with one attached hydrogen (secondary N) is 1. The Morgan fingerprint density at radius 3 is 2.03 bits per heavy atom. The smallest absolute Gasteiger partial charge is 0.412 e. The maximum Gasteiger partial charge on any atom is 0.412 e. The largest absolute Gasteiger partial charge is 0.460 e. The summed E-state index contributed by atoms with van der Waals surface area (Å²) in [6.07, 6.45) is -1.33. The summed E-state index contributed by atoms with van der Waals surface area (Å²) < 4.78 is 15.9. The van der Waals surface area contributed by atoms with E-state index in [4.69, 9.17) is 14.2 Å². The molecule has 1 heterocycles. The third kappa shape index (κ3) is 6.12. The number of esters is 2. The van der Waals surface area contributed by atoms with Gasteiger partial charge in [0.1, 0.15) is 6.10 Å². The average molecular weight is 471 g/mol. The summed E-state index contributed by atoms with van der Waals surface area (Å²) in [5.74, 6) is -1.30. The van der Waals surface area contributed by atoms with Gasteiger partial charge in [-0.2, -0.15) is 0 Å². The van der Waals surface area contributed by atoms with Gasteiger partial charge in [0.2, 0.25) is 11.9 Å². The highest BCUT2D eigenvalue weighted by atomic mass is 16.7. The van der Waals surface area contributed by atoms with Crippen molar-refractivity contribution in [1.82, 2.24) is 10.2 Å². The van der Waals surface area contributed by atoms with Crippen molar-refractivity contribution in [3.05, 3.63) is 71.8 Å². The van der Waals surface area contributed by atoms with Crippen LogP contribution < -0.4 is 5.32 Å². The highest BCUT2D eigenvalue weighted by Gasteiger charge is 2.43. The SMILES string of the molecule is CNCC(=O)OC(C)OC(=O)N1CCC(OC(=O)C(O)(c2ccccc2)c2ccccc2)CC1. The first-order valence-corrected chi connectivity index (χ1v) is 11.2. The first-order valence-electron chi connectivity index (χ1n) is 11.2. The predicted octanol–water partition coefficient (Wildman–Crippen LogP) is 2.18. The average Bonchev–Trinajstić information content (AvgIpc) is 2.85. The van der Waals surface area contributed by atoms with Gasteiger partial charge in [-0.1, -0.05) is 60.7 Å². The topological polar surface area (TPSA) is 114 Å². The summed E-state index contributed by atoms with van der Waals surface area (Å²) in [5.41, 5.74) is -1.13. The molecule has 1 aliphatic rings. The van der Waals surface area contributed by atoms with Crippen LogP contribution in [0.15, 0.2) is 60.7 Å². The molecule has 2 aromatic carbocycles. The molecular weight excluding hydrogens is 440 g/mol. The minimum atomic E-state index is -1.95. The van der Waals surface area contributed by atoms with Gasteiger partial charge in [0.15, 0.2) is 0 Å². The number of carbonyl (C=O) groups excluding carboxylic acids is 3. The number of piperidine rings is 1. The molecular formula is C25H30N2O7. The summed E-state index contributed by atoms with van der Waals surface area (Å²) >= 11 is 0. The molecule has 0 spiro atoms. The van der Waals surface area contributed by atoms with E-state index in [0.717, 1.165) is 0 Å². The van der Waals surface area contributed by atoms with Crippen molar-refractivity contribution in [3.63, 3.8) is 0 Å². The van der Waals surface area contributed by atoms with Crippen molar-refractivity contribution in [2.24, 2.45) is 0 Å². The van der Waals surface area contributed by atoms with Crippen LogP contribution >= 0.6 is 0 Å². The molecule has 1 amide bonds. The predicted molar refractivity (Wildman–Crippen MR) is 123 cm³/mol. The molecule has 0 saturated carbocycles. The number of likely N-dealkylation sites (tertiary alicyclic amines) is 1. The molecule has 1 saturated heterocycles. The third-order valence-electron chi connectivity index (χ3n) is 5.54. The highest BCUT2D eigenvalue weighted by Crippen LogP contribution is 2.32. The Balaban J connectivity index is 1.59. The van der Waals surface area contributed by atoms with Crippen molar-refractivity contribution in [1.29, 1.82) is 0 Å². The fourth-order valence-electron chi connectivity index (χ4n) is 3.77. The van der Waals surface area contributed by atoms with E-state index in [2.05, 4.69) is 5.32 Å². The van der Waals surface area contributed by atoms with Crippen molar-refractivity contribution in [2.75, 3.05) is 26.7 Å². The molecule has 0 aromatic heterocycles. The third-order valence-corrected chi connectivity index (χ3v) is 5.54. The fraction of sp³-hybridized carbons (Fsp3) is 0.400. The van der Waals surface area contributed by atoms with Crippen LogP contribution in [0.1, 0.15) is 30.9 Å². The summed E-state index contributed by atoms with van der Waals surface area (Å²) in [4.78, 5) is 38.5. The molecule has 9 nitrogen and oxygen atoms in total. The van der Waals surface area contributed by atoms with Gasteiger partial charge in [0, 0.05) is 32.9 Å². The Bertz CT molecular complexity index is 920. The van der Waals surface area contributed by atoms with E-state index in [-0.39, 0.29) is 6.54 Å². The normalized spacial score (nSPS) is 15.3. The van der Waals surface area contributed by atoms with Gasteiger partial charge in [-0.3, -0.25) is 4.79 Å². The number of aliphatic hydroxyl groups is 1. The number of amides is 1. The molecule has 2 aromatic rings. The maximum atomic E-state index is 13.2. The molecule has 1 aliphatic heterocycles. The van der Waals surface area contributed by atoms with Crippen molar-refractivity contribution >= 4 is 18.0 Å². The van der Waals surface area contributed by atoms with Gasteiger partial charge in [0.05, 0.1) is 6.54 Å². The quantitative estimate of drug-likeness (QED) is 0.446. The van der Waals surface area contributed by atoms with E-state index < -0.39 is 36.0 Å². The molecule has 1 atom stereocenters. The molecule has 0 radical (unpaired) electrons. The Kier molecular flexibility index (Phi) is 8.61. The van der Waals surface area contributed by atoms with E-state index in [9.17, 15) is 19.5 Å². The second kappa shape index (κ2) is 11.6. The van der Waals surface area contributed by atoms with Gasteiger partial charge in [-0.25, -0.2) is 9.59 Å². The molecule has 1 fully saturated rings. The fourth-order valence-corrected chi connectivity index (χ4v) is 3.77. The lowest BCUT2D eigenvalue weighted by Gasteiger charge is -2.34. The monoisotopic (exact) mass is 470 g/mol. The van der Waals surface area contributed by atoms with Crippen LogP contribution in [0, 0.1) is 0 Å². The number of carbonyl (C=O) groups is 3. The van der Waals surface area contributed by atoms with E-state index in [1.54, 1.807) is 67.7 Å². The zero-order chi connectivity index (χ0) is 24.6. The Morgan fingerprint density at radius 2 is 1.53 bits per heavy atom. The lowest BCUT2D eigenvalue weighted by molar-refractivity contribution is -0.170. The second-order valence-corrected chi connectivity index (χ2v) is 8.01. The Hall–Kier alpha value is -3.43. The van der Waals surface area contributed by atoms with E-state index in [1.165, 1.54) is 11.8 Å². The van der Waals surface area contributed by atoms with Gasteiger partial charge in [-0.15, -0.1) is 0 Å². The zero-order valence-electron chi connectivity index (χ0n) is 19.3. The Morgan fingerprint density at radius 1 is 1.00 bits per heavy atom. The van der Waals surface area contributed by atoms with Crippen molar-refractivity contribution in [3.8, 4) is 0 Å². The lowest BCUT2D eigenvalue weighted by atomic mass is 9.86. The summed E-state index contributed by atoms with van der Waals surface area (Å²) in [5, 5.41) is 14.2.